The van der Waals surface area contributed by atoms with E-state index in [1.54, 1.807) is 19.2 Å². The number of hydrogen-bond donors (Lipinski definition) is 0. The molecule has 3 nitrogen and oxygen atoms in total. The zero-order valence-electron chi connectivity index (χ0n) is 20.0. The molecule has 0 saturated heterocycles. The van der Waals surface area contributed by atoms with Gasteiger partial charge in [-0.3, -0.25) is 4.79 Å². The van der Waals surface area contributed by atoms with Gasteiger partial charge in [-0.05, 0) is 67.9 Å². The smallest absolute Gasteiger partial charge is 0.210 e. The highest BCUT2D eigenvalue weighted by atomic mass is 16.5. The van der Waals surface area contributed by atoms with E-state index in [1.165, 1.54) is 5.56 Å². The van der Waals surface area contributed by atoms with E-state index in [-0.39, 0.29) is 5.78 Å². The molecule has 0 spiro atoms. The molecule has 35 heavy (non-hydrogen) atoms. The topological polar surface area (TPSA) is 30.7 Å². The Bertz CT molecular complexity index is 1580. The van der Waals surface area contributed by atoms with Crippen LogP contribution in [0, 0.1) is 25.7 Å². The molecule has 5 rings (SSSR count). The van der Waals surface area contributed by atoms with Crippen LogP contribution in [-0.4, -0.2) is 17.3 Å². The summed E-state index contributed by atoms with van der Waals surface area (Å²) < 4.78 is 7.24. The van der Waals surface area contributed by atoms with Crippen LogP contribution in [0.2, 0.25) is 0 Å². The number of aryl methyl sites for hydroxylation is 2. The van der Waals surface area contributed by atoms with Crippen molar-refractivity contribution in [2.45, 2.75) is 13.8 Å². The Labute approximate surface area is 205 Å². The Kier molecular flexibility index (Phi) is 5.95. The third kappa shape index (κ3) is 4.35. The van der Waals surface area contributed by atoms with Crippen LogP contribution >= 0.6 is 0 Å². The number of ketones is 1. The van der Waals surface area contributed by atoms with E-state index in [9.17, 15) is 4.79 Å². The van der Waals surface area contributed by atoms with Gasteiger partial charge < -0.3 is 9.14 Å². The number of hydrogen-bond acceptors (Lipinski definition) is 2. The minimum atomic E-state index is -0.0622. The van der Waals surface area contributed by atoms with Gasteiger partial charge in [-0.25, -0.2) is 0 Å². The van der Waals surface area contributed by atoms with Crippen molar-refractivity contribution in [2.75, 3.05) is 7.11 Å². The summed E-state index contributed by atoms with van der Waals surface area (Å²) in [5.74, 6) is 7.38. The fraction of sp³-hybridized carbons (Fsp3) is 0.0938. The standard InChI is InChI=1S/C32H25NO2/c1-22-7-11-24(12-8-22)13-20-28-29-6-4-5-21-33(29)31(30(28)25-14-9-23(2)10-15-25)32(34)26-16-18-27(35-3)19-17-26/h4-12,14-19,21H,1-3H3. The van der Waals surface area contributed by atoms with Gasteiger partial charge in [-0.15, -0.1) is 0 Å². The summed E-state index contributed by atoms with van der Waals surface area (Å²) in [6.07, 6.45) is 1.93. The first-order valence-electron chi connectivity index (χ1n) is 11.5. The van der Waals surface area contributed by atoms with Crippen LogP contribution in [0.1, 0.15) is 38.3 Å². The molecule has 3 aromatic carbocycles. The number of pyridine rings is 1. The third-order valence-electron chi connectivity index (χ3n) is 6.13. The predicted octanol–water partition coefficient (Wildman–Crippen LogP) is 6.86. The molecule has 170 valence electrons. The average Bonchev–Trinajstić information content (AvgIpc) is 3.22. The number of carbonyl (C=O) groups is 1. The fourth-order valence-corrected chi connectivity index (χ4v) is 4.21. The van der Waals surface area contributed by atoms with Gasteiger partial charge in [-0.1, -0.05) is 65.4 Å². The van der Waals surface area contributed by atoms with E-state index < -0.39 is 0 Å². The minimum Gasteiger partial charge on any atom is -0.497 e. The van der Waals surface area contributed by atoms with Crippen LogP contribution < -0.4 is 4.74 Å². The van der Waals surface area contributed by atoms with E-state index in [1.807, 2.05) is 53.1 Å². The van der Waals surface area contributed by atoms with Gasteiger partial charge in [-0.2, -0.15) is 0 Å². The van der Waals surface area contributed by atoms with E-state index in [0.717, 1.165) is 33.3 Å². The highest BCUT2D eigenvalue weighted by Crippen LogP contribution is 2.35. The van der Waals surface area contributed by atoms with E-state index in [4.69, 9.17) is 4.74 Å². The lowest BCUT2D eigenvalue weighted by Crippen LogP contribution is -2.07. The largest absolute Gasteiger partial charge is 0.497 e. The summed E-state index contributed by atoms with van der Waals surface area (Å²) in [5.41, 5.74) is 8.03. The first-order valence-corrected chi connectivity index (χ1v) is 11.5. The Hall–Kier alpha value is -4.55. The molecule has 0 bridgehead atoms. The molecule has 3 heteroatoms. The van der Waals surface area contributed by atoms with Crippen molar-refractivity contribution < 1.29 is 9.53 Å². The van der Waals surface area contributed by atoms with Crippen LogP contribution in [0.25, 0.3) is 16.6 Å². The number of methoxy groups -OCH3 is 1. The van der Waals surface area contributed by atoms with Crippen LogP contribution in [0.4, 0.5) is 0 Å². The second-order valence-corrected chi connectivity index (χ2v) is 8.59. The Morgan fingerprint density at radius 1 is 0.771 bits per heavy atom. The van der Waals surface area contributed by atoms with Crippen molar-refractivity contribution in [3.05, 3.63) is 131 Å². The van der Waals surface area contributed by atoms with Crippen molar-refractivity contribution in [1.29, 1.82) is 0 Å². The summed E-state index contributed by atoms with van der Waals surface area (Å²) in [7, 11) is 1.62. The monoisotopic (exact) mass is 455 g/mol. The van der Waals surface area contributed by atoms with Gasteiger partial charge in [0.05, 0.1) is 18.2 Å². The van der Waals surface area contributed by atoms with E-state index in [0.29, 0.717) is 17.0 Å². The quantitative estimate of drug-likeness (QED) is 0.219. The van der Waals surface area contributed by atoms with Crippen LogP contribution in [0.5, 0.6) is 5.75 Å². The minimum absolute atomic E-state index is 0.0622. The SMILES string of the molecule is COc1ccc(C(=O)c2c(-c3ccc(C)cc3)c(C#Cc3ccc(C)cc3)c3ccccn23)cc1. The molecule has 0 radical (unpaired) electrons. The molecule has 0 atom stereocenters. The maximum atomic E-state index is 13.9. The molecule has 0 aliphatic rings. The molecule has 0 fully saturated rings. The zero-order chi connectivity index (χ0) is 24.4. The molecular weight excluding hydrogens is 430 g/mol. The summed E-state index contributed by atoms with van der Waals surface area (Å²) in [5, 5.41) is 0. The lowest BCUT2D eigenvalue weighted by Gasteiger charge is -2.08. The lowest BCUT2D eigenvalue weighted by molar-refractivity contribution is 0.103. The second kappa shape index (κ2) is 9.37. The molecule has 0 saturated carbocycles. The van der Waals surface area contributed by atoms with Crippen molar-refractivity contribution >= 4 is 11.3 Å². The zero-order valence-corrected chi connectivity index (χ0v) is 20.0. The van der Waals surface area contributed by atoms with Crippen molar-refractivity contribution in [1.82, 2.24) is 4.40 Å². The molecule has 2 heterocycles. The molecule has 0 N–H and O–H groups in total. The first kappa shape index (κ1) is 22.3. The van der Waals surface area contributed by atoms with Crippen LogP contribution in [-0.2, 0) is 0 Å². The number of nitrogens with zero attached hydrogens (tertiary/aromatic N) is 1. The number of rotatable bonds is 4. The fourth-order valence-electron chi connectivity index (χ4n) is 4.21. The predicted molar refractivity (Wildman–Crippen MR) is 141 cm³/mol. The number of fused-ring (bicyclic) bond motifs is 1. The Morgan fingerprint density at radius 3 is 2.09 bits per heavy atom. The molecule has 0 aliphatic carbocycles. The maximum absolute atomic E-state index is 13.9. The number of carbonyl (C=O) groups excluding carboxylic acids is 1. The molecule has 0 aliphatic heterocycles. The lowest BCUT2D eigenvalue weighted by atomic mass is 9.96. The molecular formula is C32H25NO2. The van der Waals surface area contributed by atoms with Gasteiger partial charge in [0.25, 0.3) is 0 Å². The highest BCUT2D eigenvalue weighted by Gasteiger charge is 2.24. The van der Waals surface area contributed by atoms with Crippen LogP contribution in [0.15, 0.2) is 97.2 Å². The molecule has 2 aromatic heterocycles. The maximum Gasteiger partial charge on any atom is 0.210 e. The van der Waals surface area contributed by atoms with Gasteiger partial charge in [0, 0.05) is 22.9 Å². The summed E-state index contributed by atoms with van der Waals surface area (Å²) >= 11 is 0. The van der Waals surface area contributed by atoms with Gasteiger partial charge in [0.1, 0.15) is 11.4 Å². The van der Waals surface area contributed by atoms with Crippen molar-refractivity contribution in [3.8, 4) is 28.7 Å². The first-order chi connectivity index (χ1) is 17.0. The Balaban J connectivity index is 1.77. The third-order valence-corrected chi connectivity index (χ3v) is 6.13. The van der Waals surface area contributed by atoms with Gasteiger partial charge >= 0.3 is 0 Å². The number of aromatic nitrogens is 1. The molecule has 0 unspecified atom stereocenters. The van der Waals surface area contributed by atoms with Crippen LogP contribution in [0.3, 0.4) is 0 Å². The average molecular weight is 456 g/mol. The van der Waals surface area contributed by atoms with Gasteiger partial charge in [0.15, 0.2) is 0 Å². The second-order valence-electron chi connectivity index (χ2n) is 8.59. The van der Waals surface area contributed by atoms with Crippen molar-refractivity contribution in [2.24, 2.45) is 0 Å². The summed E-state index contributed by atoms with van der Waals surface area (Å²) in [6, 6.07) is 29.6. The number of ether oxygens (including phenoxy) is 1. The van der Waals surface area contributed by atoms with Gasteiger partial charge in [0.2, 0.25) is 5.78 Å². The summed E-state index contributed by atoms with van der Waals surface area (Å²) in [6.45, 7) is 4.12. The highest BCUT2D eigenvalue weighted by molar-refractivity contribution is 6.14. The normalized spacial score (nSPS) is 10.6. The van der Waals surface area contributed by atoms with Crippen molar-refractivity contribution in [3.63, 3.8) is 0 Å². The Morgan fingerprint density at radius 2 is 1.43 bits per heavy atom. The molecule has 0 amide bonds. The van der Waals surface area contributed by atoms with E-state index in [2.05, 4.69) is 62.1 Å². The van der Waals surface area contributed by atoms with E-state index >= 15 is 0 Å². The summed E-state index contributed by atoms with van der Waals surface area (Å²) in [4.78, 5) is 13.9. The molecule has 5 aromatic rings. The number of benzene rings is 3.